The number of hydrogen-bond donors (Lipinski definition) is 1. The largest absolute Gasteiger partial charge is 0.412 e. The predicted octanol–water partition coefficient (Wildman–Crippen LogP) is 4.23. The summed E-state index contributed by atoms with van der Waals surface area (Å²) in [7, 11) is 0. The van der Waals surface area contributed by atoms with Gasteiger partial charge in [0.25, 0.3) is 0 Å². The molecule has 3 aromatic heterocycles. The molecule has 5 heterocycles. The minimum Gasteiger partial charge on any atom is -0.410 e. The number of aromatic nitrogens is 4. The van der Waals surface area contributed by atoms with Gasteiger partial charge < -0.3 is 14.8 Å². The van der Waals surface area contributed by atoms with Crippen LogP contribution in [-0.2, 0) is 17.7 Å². The molecule has 0 saturated carbocycles. The van der Waals surface area contributed by atoms with Gasteiger partial charge in [0.2, 0.25) is 0 Å². The Labute approximate surface area is 221 Å². The number of nitrogens with one attached hydrogen (secondary N) is 1. The third-order valence-corrected chi connectivity index (χ3v) is 7.19. The van der Waals surface area contributed by atoms with Crippen LogP contribution in [0.3, 0.4) is 0 Å². The zero-order chi connectivity index (χ0) is 25.9. The highest BCUT2D eigenvalue weighted by atomic mass is 16.6. The Morgan fingerprint density at radius 1 is 1.13 bits per heavy atom. The van der Waals surface area contributed by atoms with Crippen LogP contribution in [0.15, 0.2) is 48.7 Å². The van der Waals surface area contributed by atoms with Gasteiger partial charge in [-0.05, 0) is 68.6 Å². The molecule has 1 N–H and O–H groups in total. The van der Waals surface area contributed by atoms with Crippen molar-refractivity contribution < 1.29 is 14.3 Å². The van der Waals surface area contributed by atoms with Crippen molar-refractivity contribution in [3.05, 3.63) is 60.0 Å². The van der Waals surface area contributed by atoms with Crippen LogP contribution < -0.4 is 10.1 Å². The second-order valence-electron chi connectivity index (χ2n) is 9.82. The fourth-order valence-corrected chi connectivity index (χ4v) is 5.34. The maximum Gasteiger partial charge on any atom is 0.412 e. The molecule has 1 amide bonds. The zero-order valence-corrected chi connectivity index (χ0v) is 21.7. The van der Waals surface area contributed by atoms with Gasteiger partial charge in [0.15, 0.2) is 0 Å². The molecular weight excluding hydrogens is 480 g/mol. The van der Waals surface area contributed by atoms with Crippen molar-refractivity contribution in [2.24, 2.45) is 0 Å². The van der Waals surface area contributed by atoms with E-state index in [-0.39, 0.29) is 0 Å². The van der Waals surface area contributed by atoms with Crippen LogP contribution in [0.25, 0.3) is 33.4 Å². The highest BCUT2D eigenvalue weighted by Gasteiger charge is 2.25. The van der Waals surface area contributed by atoms with Gasteiger partial charge in [-0.1, -0.05) is 6.07 Å². The van der Waals surface area contributed by atoms with Gasteiger partial charge in [0.1, 0.15) is 11.4 Å². The first kappa shape index (κ1) is 24.5. The molecule has 196 valence electrons. The summed E-state index contributed by atoms with van der Waals surface area (Å²) in [6.07, 6.45) is 4.28. The molecule has 1 aromatic carbocycles. The highest BCUT2D eigenvalue weighted by Crippen LogP contribution is 2.40. The number of fused-ring (bicyclic) bond motifs is 2. The molecule has 9 nitrogen and oxygen atoms in total. The van der Waals surface area contributed by atoms with Crippen molar-refractivity contribution in [3.63, 3.8) is 0 Å². The average molecular weight is 513 g/mol. The quantitative estimate of drug-likeness (QED) is 0.371. The Morgan fingerprint density at radius 2 is 2.03 bits per heavy atom. The highest BCUT2D eigenvalue weighted by molar-refractivity contribution is 5.99. The molecule has 0 radical (unpaired) electrons. The second kappa shape index (κ2) is 10.9. The van der Waals surface area contributed by atoms with Gasteiger partial charge in [-0.25, -0.2) is 4.79 Å². The lowest BCUT2D eigenvalue weighted by atomic mass is 9.96. The van der Waals surface area contributed by atoms with Crippen molar-refractivity contribution in [2.45, 2.75) is 32.7 Å². The molecule has 4 aromatic rings. The molecule has 0 bridgehead atoms. The Morgan fingerprint density at radius 3 is 2.89 bits per heavy atom. The Balaban J connectivity index is 1.21. The molecule has 38 heavy (non-hydrogen) atoms. The third-order valence-electron chi connectivity index (χ3n) is 7.19. The number of carbonyl (C=O) groups is 1. The fourth-order valence-electron chi connectivity index (χ4n) is 5.34. The van der Waals surface area contributed by atoms with E-state index < -0.39 is 6.09 Å². The summed E-state index contributed by atoms with van der Waals surface area (Å²) in [6, 6.07) is 13.7. The molecule has 6 rings (SSSR count). The number of pyridine rings is 2. The number of rotatable bonds is 7. The number of aryl methyl sites for hydroxylation is 2. The molecule has 0 atom stereocenters. The van der Waals surface area contributed by atoms with Crippen LogP contribution in [0, 0.1) is 6.92 Å². The number of ether oxygens (including phenoxy) is 2. The smallest absolute Gasteiger partial charge is 0.410 e. The van der Waals surface area contributed by atoms with Crippen LogP contribution in [0.1, 0.15) is 24.2 Å². The summed E-state index contributed by atoms with van der Waals surface area (Å²) in [5.74, 6) is 0.466. The third kappa shape index (κ3) is 5.12. The van der Waals surface area contributed by atoms with Gasteiger partial charge in [-0.3, -0.25) is 19.5 Å². The van der Waals surface area contributed by atoms with E-state index in [2.05, 4.69) is 19.9 Å². The summed E-state index contributed by atoms with van der Waals surface area (Å²) in [6.45, 7) is 7.86. The van der Waals surface area contributed by atoms with Crippen molar-refractivity contribution in [1.29, 1.82) is 0 Å². The van der Waals surface area contributed by atoms with E-state index in [0.29, 0.717) is 12.3 Å². The molecule has 2 aliphatic rings. The number of hydrogen-bond acceptors (Lipinski definition) is 7. The molecule has 9 heteroatoms. The van der Waals surface area contributed by atoms with E-state index in [0.717, 1.165) is 97.8 Å². The van der Waals surface area contributed by atoms with Crippen LogP contribution in [0.2, 0.25) is 0 Å². The topological polar surface area (TPSA) is 94.4 Å². The molecule has 2 aliphatic heterocycles. The maximum absolute atomic E-state index is 12.4. The SMILES string of the molecule is Cc1cccc(-c2nn3c(c2-c2ccnc4cc(OC(=O)NCCCN5CCOCC5)ccc24)CCC3)n1. The van der Waals surface area contributed by atoms with Gasteiger partial charge in [0.05, 0.1) is 24.4 Å². The number of carbonyl (C=O) groups excluding carboxylic acids is 1. The Hall–Kier alpha value is -3.82. The normalized spacial score (nSPS) is 15.5. The minimum atomic E-state index is -0.454. The van der Waals surface area contributed by atoms with Crippen LogP contribution in [0.5, 0.6) is 5.75 Å². The first-order chi connectivity index (χ1) is 18.7. The van der Waals surface area contributed by atoms with Crippen molar-refractivity contribution in [2.75, 3.05) is 39.4 Å². The average Bonchev–Trinajstić information content (AvgIpc) is 3.53. The van der Waals surface area contributed by atoms with E-state index in [4.69, 9.17) is 19.6 Å². The lowest BCUT2D eigenvalue weighted by molar-refractivity contribution is 0.0375. The van der Waals surface area contributed by atoms with Crippen molar-refractivity contribution >= 4 is 17.0 Å². The van der Waals surface area contributed by atoms with Crippen LogP contribution in [0.4, 0.5) is 4.79 Å². The molecule has 1 fully saturated rings. The maximum atomic E-state index is 12.4. The lowest BCUT2D eigenvalue weighted by Crippen LogP contribution is -2.38. The Bertz CT molecular complexity index is 1460. The van der Waals surface area contributed by atoms with Gasteiger partial charge in [-0.15, -0.1) is 0 Å². The lowest BCUT2D eigenvalue weighted by Gasteiger charge is -2.26. The van der Waals surface area contributed by atoms with Gasteiger partial charge in [0, 0.05) is 60.8 Å². The number of benzene rings is 1. The van der Waals surface area contributed by atoms with E-state index >= 15 is 0 Å². The zero-order valence-electron chi connectivity index (χ0n) is 21.7. The second-order valence-corrected chi connectivity index (χ2v) is 9.82. The molecular formula is C29H32N6O3. The predicted molar refractivity (Wildman–Crippen MR) is 145 cm³/mol. The summed E-state index contributed by atoms with van der Waals surface area (Å²) in [4.78, 5) is 24.1. The minimum absolute atomic E-state index is 0.454. The van der Waals surface area contributed by atoms with Crippen molar-refractivity contribution in [1.82, 2.24) is 30.0 Å². The van der Waals surface area contributed by atoms with Gasteiger partial charge in [-0.2, -0.15) is 5.10 Å². The number of morpholine rings is 1. The molecule has 0 aliphatic carbocycles. The van der Waals surface area contributed by atoms with E-state index in [9.17, 15) is 4.79 Å². The van der Waals surface area contributed by atoms with E-state index in [1.165, 1.54) is 5.69 Å². The van der Waals surface area contributed by atoms with Gasteiger partial charge >= 0.3 is 6.09 Å². The molecule has 0 unspecified atom stereocenters. The summed E-state index contributed by atoms with van der Waals surface area (Å²) in [5, 5.41) is 8.80. The fraction of sp³-hybridized carbons (Fsp3) is 0.379. The first-order valence-electron chi connectivity index (χ1n) is 13.3. The Kier molecular flexibility index (Phi) is 7.02. The van der Waals surface area contributed by atoms with E-state index in [1.54, 1.807) is 6.20 Å². The summed E-state index contributed by atoms with van der Waals surface area (Å²) < 4.78 is 13.1. The standard InChI is InChI=1S/C29H32N6O3/c1-20-5-2-6-24(32-20)28-27(26-7-3-14-35(26)33-28)23-10-12-30-25-19-21(8-9-22(23)25)38-29(36)31-11-4-13-34-15-17-37-18-16-34/h2,5-6,8-10,12,19H,3-4,7,11,13-18H2,1H3,(H,31,36). The molecule has 0 spiro atoms. The summed E-state index contributed by atoms with van der Waals surface area (Å²) >= 11 is 0. The van der Waals surface area contributed by atoms with Crippen LogP contribution in [-0.4, -0.2) is 70.1 Å². The molecule has 1 saturated heterocycles. The monoisotopic (exact) mass is 512 g/mol. The summed E-state index contributed by atoms with van der Waals surface area (Å²) in [5.41, 5.74) is 6.90. The van der Waals surface area contributed by atoms with Crippen LogP contribution >= 0.6 is 0 Å². The number of nitrogens with zero attached hydrogens (tertiary/aromatic N) is 5. The van der Waals surface area contributed by atoms with E-state index in [1.807, 2.05) is 49.4 Å². The van der Waals surface area contributed by atoms with Crippen molar-refractivity contribution in [3.8, 4) is 28.3 Å². The first-order valence-corrected chi connectivity index (χ1v) is 13.3. The number of amides is 1.